The Labute approximate surface area is 162 Å². The first kappa shape index (κ1) is 20.7. The van der Waals surface area contributed by atoms with Crippen molar-refractivity contribution in [3.05, 3.63) is 22.4 Å². The number of unbranched alkanes of at least 4 members (excludes halogenated alkanes) is 1. The molecule has 1 saturated heterocycles. The van der Waals surface area contributed by atoms with Gasteiger partial charge in [-0.1, -0.05) is 19.4 Å². The largest absolute Gasteiger partial charge is 0.356 e. The second-order valence-corrected chi connectivity index (χ2v) is 7.06. The third-order valence-electron chi connectivity index (χ3n) is 4.27. The topological polar surface area (TPSA) is 39.7 Å². The molecule has 0 saturated carbocycles. The molecule has 4 nitrogen and oxygen atoms in total. The minimum atomic E-state index is 0. The van der Waals surface area contributed by atoms with E-state index in [1.807, 2.05) is 18.4 Å². The Kier molecular flexibility index (Phi) is 10.9. The summed E-state index contributed by atoms with van der Waals surface area (Å²) in [4.78, 5) is 8.36. The summed E-state index contributed by atoms with van der Waals surface area (Å²) in [5.74, 6) is 1.72. The van der Waals surface area contributed by atoms with Crippen LogP contribution in [0.4, 0.5) is 0 Å². The van der Waals surface area contributed by atoms with E-state index in [-0.39, 0.29) is 24.0 Å². The Morgan fingerprint density at radius 1 is 1.35 bits per heavy atom. The fourth-order valence-electron chi connectivity index (χ4n) is 2.82. The van der Waals surface area contributed by atoms with Crippen LogP contribution in [0, 0.1) is 5.92 Å². The van der Waals surface area contributed by atoms with Gasteiger partial charge in [0.25, 0.3) is 0 Å². The van der Waals surface area contributed by atoms with Crippen LogP contribution in [0.25, 0.3) is 0 Å². The first-order valence-corrected chi connectivity index (χ1v) is 9.39. The fourth-order valence-corrected chi connectivity index (χ4v) is 3.56. The number of likely N-dealkylation sites (tertiary alicyclic amines) is 1. The van der Waals surface area contributed by atoms with Gasteiger partial charge in [0, 0.05) is 31.6 Å². The van der Waals surface area contributed by atoms with Gasteiger partial charge in [0.1, 0.15) is 0 Å². The standard InChI is InChI=1S/C17H30N4S.HI/c1-3-4-9-19-17(18-2)20-13-15-7-10-21(11-8-15)14-16-6-5-12-22-16;/h5-6,12,15H,3-4,7-11,13-14H2,1-2H3,(H2,18,19,20);1H. The van der Waals surface area contributed by atoms with Gasteiger partial charge in [-0.3, -0.25) is 9.89 Å². The zero-order valence-electron chi connectivity index (χ0n) is 14.4. The van der Waals surface area contributed by atoms with E-state index >= 15 is 0 Å². The average Bonchev–Trinajstić information content (AvgIpc) is 3.05. The number of guanidine groups is 1. The monoisotopic (exact) mass is 450 g/mol. The van der Waals surface area contributed by atoms with Crippen LogP contribution in [-0.4, -0.2) is 44.1 Å². The first-order chi connectivity index (χ1) is 10.8. The predicted octanol–water partition coefficient (Wildman–Crippen LogP) is 3.54. The normalized spacial score (nSPS) is 16.9. The highest BCUT2D eigenvalue weighted by Crippen LogP contribution is 2.20. The molecule has 1 aromatic rings. The summed E-state index contributed by atoms with van der Waals surface area (Å²) in [6.45, 7) is 7.81. The van der Waals surface area contributed by atoms with Crippen molar-refractivity contribution in [3.63, 3.8) is 0 Å². The number of halogens is 1. The van der Waals surface area contributed by atoms with Crippen LogP contribution >= 0.6 is 35.3 Å². The molecule has 0 unspecified atom stereocenters. The van der Waals surface area contributed by atoms with E-state index in [2.05, 4.69) is 45.0 Å². The van der Waals surface area contributed by atoms with Gasteiger partial charge in [-0.25, -0.2) is 0 Å². The lowest BCUT2D eigenvalue weighted by Gasteiger charge is -2.32. The van der Waals surface area contributed by atoms with Gasteiger partial charge in [-0.05, 0) is 49.7 Å². The number of thiophene rings is 1. The third kappa shape index (κ3) is 7.85. The van der Waals surface area contributed by atoms with Crippen LogP contribution in [0.2, 0.25) is 0 Å². The van der Waals surface area contributed by atoms with Gasteiger partial charge in [0.15, 0.2) is 5.96 Å². The lowest BCUT2D eigenvalue weighted by Crippen LogP contribution is -2.42. The van der Waals surface area contributed by atoms with Crippen LogP contribution in [0.1, 0.15) is 37.5 Å². The summed E-state index contributed by atoms with van der Waals surface area (Å²) in [5, 5.41) is 9.03. The number of nitrogens with zero attached hydrogens (tertiary/aromatic N) is 2. The number of hydrogen-bond donors (Lipinski definition) is 2. The minimum Gasteiger partial charge on any atom is -0.356 e. The van der Waals surface area contributed by atoms with Crippen LogP contribution < -0.4 is 10.6 Å². The summed E-state index contributed by atoms with van der Waals surface area (Å²) >= 11 is 1.87. The quantitative estimate of drug-likeness (QED) is 0.289. The van der Waals surface area contributed by atoms with E-state index in [9.17, 15) is 0 Å². The smallest absolute Gasteiger partial charge is 0.190 e. The van der Waals surface area contributed by atoms with Crippen molar-refractivity contribution >= 4 is 41.3 Å². The molecule has 1 aromatic heterocycles. The molecule has 23 heavy (non-hydrogen) atoms. The van der Waals surface area contributed by atoms with E-state index in [0.29, 0.717) is 0 Å². The van der Waals surface area contributed by atoms with Crippen LogP contribution in [0.15, 0.2) is 22.5 Å². The number of nitrogens with one attached hydrogen (secondary N) is 2. The molecule has 0 radical (unpaired) electrons. The predicted molar refractivity (Wildman–Crippen MR) is 112 cm³/mol. The first-order valence-electron chi connectivity index (χ1n) is 8.51. The van der Waals surface area contributed by atoms with Crippen molar-refractivity contribution in [2.45, 2.75) is 39.2 Å². The molecular formula is C17H31IN4S. The third-order valence-corrected chi connectivity index (χ3v) is 5.13. The van der Waals surface area contributed by atoms with Crippen molar-refractivity contribution in [2.75, 3.05) is 33.2 Å². The Hall–Kier alpha value is -0.340. The van der Waals surface area contributed by atoms with E-state index in [4.69, 9.17) is 0 Å². The maximum atomic E-state index is 4.29. The molecule has 0 amide bonds. The molecule has 1 aliphatic rings. The Morgan fingerprint density at radius 3 is 2.74 bits per heavy atom. The molecule has 1 fully saturated rings. The second kappa shape index (κ2) is 12.1. The maximum Gasteiger partial charge on any atom is 0.190 e. The van der Waals surface area contributed by atoms with Crippen LogP contribution in [-0.2, 0) is 6.54 Å². The second-order valence-electron chi connectivity index (χ2n) is 6.03. The molecule has 0 aliphatic carbocycles. The summed E-state index contributed by atoms with van der Waals surface area (Å²) in [6, 6.07) is 4.39. The van der Waals surface area contributed by atoms with Gasteiger partial charge >= 0.3 is 0 Å². The van der Waals surface area contributed by atoms with Crippen molar-refractivity contribution in [1.82, 2.24) is 15.5 Å². The molecule has 0 bridgehead atoms. The minimum absolute atomic E-state index is 0. The molecule has 0 atom stereocenters. The van der Waals surface area contributed by atoms with Gasteiger partial charge < -0.3 is 10.6 Å². The molecule has 0 aromatic carbocycles. The van der Waals surface area contributed by atoms with Gasteiger partial charge in [0.2, 0.25) is 0 Å². The summed E-state index contributed by atoms with van der Waals surface area (Å²) < 4.78 is 0. The highest BCUT2D eigenvalue weighted by molar-refractivity contribution is 14.0. The molecular weight excluding hydrogens is 419 g/mol. The summed E-state index contributed by atoms with van der Waals surface area (Å²) in [7, 11) is 1.85. The van der Waals surface area contributed by atoms with Gasteiger partial charge in [0.05, 0.1) is 0 Å². The fraction of sp³-hybridized carbons (Fsp3) is 0.706. The Balaban J connectivity index is 0.00000264. The van der Waals surface area contributed by atoms with E-state index < -0.39 is 0 Å². The van der Waals surface area contributed by atoms with Gasteiger partial charge in [-0.2, -0.15) is 0 Å². The molecule has 1 aliphatic heterocycles. The lowest BCUT2D eigenvalue weighted by molar-refractivity contribution is 0.179. The molecule has 2 N–H and O–H groups in total. The zero-order valence-corrected chi connectivity index (χ0v) is 17.5. The summed E-state index contributed by atoms with van der Waals surface area (Å²) in [6.07, 6.45) is 4.98. The van der Waals surface area contributed by atoms with Crippen molar-refractivity contribution < 1.29 is 0 Å². The number of aliphatic imine (C=N–C) groups is 1. The van der Waals surface area contributed by atoms with E-state index in [1.54, 1.807) is 0 Å². The SMILES string of the molecule is CCCCNC(=NC)NCC1CCN(Cc2cccs2)CC1.I. The molecule has 132 valence electrons. The lowest BCUT2D eigenvalue weighted by atomic mass is 9.97. The van der Waals surface area contributed by atoms with E-state index in [0.717, 1.165) is 31.5 Å². The van der Waals surface area contributed by atoms with Crippen LogP contribution in [0.5, 0.6) is 0 Å². The van der Waals surface area contributed by atoms with E-state index in [1.165, 1.54) is 43.6 Å². The van der Waals surface area contributed by atoms with Crippen molar-refractivity contribution in [3.8, 4) is 0 Å². The Bertz CT molecular complexity index is 428. The Morgan fingerprint density at radius 2 is 2.13 bits per heavy atom. The maximum absolute atomic E-state index is 4.29. The molecule has 2 rings (SSSR count). The van der Waals surface area contributed by atoms with Gasteiger partial charge in [-0.15, -0.1) is 35.3 Å². The number of hydrogen-bond acceptors (Lipinski definition) is 3. The number of piperidine rings is 1. The van der Waals surface area contributed by atoms with Crippen LogP contribution in [0.3, 0.4) is 0 Å². The highest BCUT2D eigenvalue weighted by Gasteiger charge is 2.19. The summed E-state index contributed by atoms with van der Waals surface area (Å²) in [5.41, 5.74) is 0. The molecule has 6 heteroatoms. The number of rotatable bonds is 7. The molecule has 0 spiro atoms. The van der Waals surface area contributed by atoms with Crippen molar-refractivity contribution in [2.24, 2.45) is 10.9 Å². The average molecular weight is 450 g/mol. The van der Waals surface area contributed by atoms with Crippen molar-refractivity contribution in [1.29, 1.82) is 0 Å². The zero-order chi connectivity index (χ0) is 15.6. The molecule has 2 heterocycles. The highest BCUT2D eigenvalue weighted by atomic mass is 127.